The zero-order chi connectivity index (χ0) is 15.5. The van der Waals surface area contributed by atoms with Gasteiger partial charge in [0, 0.05) is 6.54 Å². The molecule has 0 amide bonds. The largest absolute Gasteiger partial charge is 0.416 e. The highest BCUT2D eigenvalue weighted by molar-refractivity contribution is 5.54. The molecule has 0 aliphatic rings. The molecule has 2 rings (SSSR count). The molecular formula is C12H9F3N4O2. The van der Waals surface area contributed by atoms with E-state index in [4.69, 9.17) is 0 Å². The number of anilines is 1. The number of aromatic nitrogens is 2. The number of nitro groups is 1. The Bertz CT molecular complexity index is 661. The average Bonchev–Trinajstić information content (AvgIpc) is 2.44. The maximum absolute atomic E-state index is 12.8. The Labute approximate surface area is 116 Å². The standard InChI is InChI=1S/C12H9F3N4O2/c13-12(14,15)9-4-2-1-3-8(9)5-17-11-10(19(20)21)6-16-7-18-11/h1-4,6-7H,5H2,(H,16,17,18). The molecule has 1 aromatic carbocycles. The fraction of sp³-hybridized carbons (Fsp3) is 0.167. The summed E-state index contributed by atoms with van der Waals surface area (Å²) in [4.78, 5) is 17.2. The van der Waals surface area contributed by atoms with Crippen molar-refractivity contribution in [3.8, 4) is 0 Å². The van der Waals surface area contributed by atoms with Gasteiger partial charge in [-0.15, -0.1) is 0 Å². The Morgan fingerprint density at radius 2 is 2.00 bits per heavy atom. The summed E-state index contributed by atoms with van der Waals surface area (Å²) in [6.45, 7) is -0.243. The van der Waals surface area contributed by atoms with Crippen LogP contribution in [0.25, 0.3) is 0 Å². The van der Waals surface area contributed by atoms with Crippen molar-refractivity contribution in [3.05, 3.63) is 58.0 Å². The van der Waals surface area contributed by atoms with E-state index < -0.39 is 22.4 Å². The number of benzene rings is 1. The third-order valence-corrected chi connectivity index (χ3v) is 2.66. The summed E-state index contributed by atoms with van der Waals surface area (Å²) >= 11 is 0. The third-order valence-electron chi connectivity index (χ3n) is 2.66. The molecule has 0 aliphatic heterocycles. The van der Waals surface area contributed by atoms with Gasteiger partial charge in [0.1, 0.15) is 12.5 Å². The van der Waals surface area contributed by atoms with Crippen LogP contribution in [0.2, 0.25) is 0 Å². The van der Waals surface area contributed by atoms with Crippen molar-refractivity contribution in [2.24, 2.45) is 0 Å². The summed E-state index contributed by atoms with van der Waals surface area (Å²) in [5.41, 5.74) is -1.23. The Hall–Kier alpha value is -2.71. The van der Waals surface area contributed by atoms with Crippen molar-refractivity contribution >= 4 is 11.5 Å². The number of halogens is 3. The number of nitrogens with zero attached hydrogens (tertiary/aromatic N) is 3. The van der Waals surface area contributed by atoms with E-state index in [0.717, 1.165) is 18.6 Å². The first-order valence-electron chi connectivity index (χ1n) is 5.73. The normalized spacial score (nSPS) is 11.2. The van der Waals surface area contributed by atoms with Crippen molar-refractivity contribution in [2.45, 2.75) is 12.7 Å². The first-order valence-corrected chi connectivity index (χ1v) is 5.73. The van der Waals surface area contributed by atoms with Gasteiger partial charge in [-0.1, -0.05) is 18.2 Å². The lowest BCUT2D eigenvalue weighted by molar-refractivity contribution is -0.384. The van der Waals surface area contributed by atoms with E-state index in [0.29, 0.717) is 0 Å². The molecule has 0 spiro atoms. The number of hydrogen-bond acceptors (Lipinski definition) is 5. The summed E-state index contributed by atoms with van der Waals surface area (Å²) in [5.74, 6) is -0.132. The van der Waals surface area contributed by atoms with Gasteiger partial charge in [-0.2, -0.15) is 13.2 Å². The van der Waals surface area contributed by atoms with E-state index >= 15 is 0 Å². The van der Waals surface area contributed by atoms with E-state index in [1.54, 1.807) is 0 Å². The molecule has 21 heavy (non-hydrogen) atoms. The fourth-order valence-electron chi connectivity index (χ4n) is 1.72. The smallest absolute Gasteiger partial charge is 0.360 e. The van der Waals surface area contributed by atoms with Gasteiger partial charge in [-0.3, -0.25) is 10.1 Å². The Kier molecular flexibility index (Phi) is 4.01. The molecule has 0 radical (unpaired) electrons. The molecule has 1 N–H and O–H groups in total. The summed E-state index contributed by atoms with van der Waals surface area (Å²) in [7, 11) is 0. The number of rotatable bonds is 4. The molecule has 0 unspecified atom stereocenters. The molecular weight excluding hydrogens is 289 g/mol. The Morgan fingerprint density at radius 3 is 2.67 bits per heavy atom. The SMILES string of the molecule is O=[N+]([O-])c1cncnc1NCc1ccccc1C(F)(F)F. The second-order valence-electron chi connectivity index (χ2n) is 4.02. The lowest BCUT2D eigenvalue weighted by Gasteiger charge is -2.13. The van der Waals surface area contributed by atoms with Crippen LogP contribution in [0.15, 0.2) is 36.8 Å². The highest BCUT2D eigenvalue weighted by Gasteiger charge is 2.32. The lowest BCUT2D eigenvalue weighted by atomic mass is 10.1. The number of hydrogen-bond donors (Lipinski definition) is 1. The van der Waals surface area contributed by atoms with E-state index in [9.17, 15) is 23.3 Å². The molecule has 0 fully saturated rings. The van der Waals surface area contributed by atoms with Crippen LogP contribution in [0.1, 0.15) is 11.1 Å². The van der Waals surface area contributed by atoms with Gasteiger partial charge in [0.05, 0.1) is 10.5 Å². The summed E-state index contributed by atoms with van der Waals surface area (Å²) in [6, 6.07) is 4.98. The van der Waals surface area contributed by atoms with E-state index in [2.05, 4.69) is 15.3 Å². The molecule has 0 saturated heterocycles. The van der Waals surface area contributed by atoms with Gasteiger partial charge in [0.15, 0.2) is 0 Å². The van der Waals surface area contributed by atoms with Crippen LogP contribution in [0.3, 0.4) is 0 Å². The van der Waals surface area contributed by atoms with E-state index in [-0.39, 0.29) is 17.9 Å². The Balaban J connectivity index is 2.24. The van der Waals surface area contributed by atoms with Gasteiger partial charge in [0.25, 0.3) is 0 Å². The minimum Gasteiger partial charge on any atom is -0.360 e. The molecule has 0 bridgehead atoms. The van der Waals surface area contributed by atoms with Crippen molar-refractivity contribution in [2.75, 3.05) is 5.32 Å². The molecule has 6 nitrogen and oxygen atoms in total. The molecule has 2 aromatic rings. The van der Waals surface area contributed by atoms with Crippen molar-refractivity contribution < 1.29 is 18.1 Å². The van der Waals surface area contributed by atoms with Gasteiger partial charge in [-0.25, -0.2) is 9.97 Å². The quantitative estimate of drug-likeness (QED) is 0.693. The zero-order valence-corrected chi connectivity index (χ0v) is 10.5. The van der Waals surface area contributed by atoms with Crippen LogP contribution >= 0.6 is 0 Å². The van der Waals surface area contributed by atoms with Gasteiger partial charge < -0.3 is 5.32 Å². The Morgan fingerprint density at radius 1 is 1.29 bits per heavy atom. The monoisotopic (exact) mass is 298 g/mol. The molecule has 0 saturated carbocycles. The highest BCUT2D eigenvalue weighted by Crippen LogP contribution is 2.32. The van der Waals surface area contributed by atoms with Crippen molar-refractivity contribution in [1.82, 2.24) is 9.97 Å². The maximum Gasteiger partial charge on any atom is 0.416 e. The molecule has 9 heteroatoms. The molecule has 110 valence electrons. The molecule has 1 aromatic heterocycles. The van der Waals surface area contributed by atoms with E-state index in [1.807, 2.05) is 0 Å². The van der Waals surface area contributed by atoms with Crippen LogP contribution in [0.4, 0.5) is 24.7 Å². The van der Waals surface area contributed by atoms with Crippen LogP contribution < -0.4 is 5.32 Å². The molecule has 0 aliphatic carbocycles. The first-order chi connectivity index (χ1) is 9.89. The minimum atomic E-state index is -4.49. The third kappa shape index (κ3) is 3.44. The predicted octanol–water partition coefficient (Wildman–Crippen LogP) is 3.02. The first kappa shape index (κ1) is 14.7. The van der Waals surface area contributed by atoms with E-state index in [1.165, 1.54) is 18.2 Å². The second kappa shape index (κ2) is 5.73. The fourth-order valence-corrected chi connectivity index (χ4v) is 1.72. The second-order valence-corrected chi connectivity index (χ2v) is 4.02. The summed E-state index contributed by atoms with van der Waals surface area (Å²) in [5, 5.41) is 13.3. The minimum absolute atomic E-state index is 0.0297. The molecule has 0 atom stereocenters. The topological polar surface area (TPSA) is 81.0 Å². The number of alkyl halides is 3. The van der Waals surface area contributed by atoms with Crippen LogP contribution in [-0.2, 0) is 12.7 Å². The van der Waals surface area contributed by atoms with Crippen LogP contribution in [0.5, 0.6) is 0 Å². The van der Waals surface area contributed by atoms with Gasteiger partial charge in [-0.05, 0) is 11.6 Å². The summed E-state index contributed by atoms with van der Waals surface area (Å²) in [6.07, 6.45) is -2.44. The maximum atomic E-state index is 12.8. The average molecular weight is 298 g/mol. The zero-order valence-electron chi connectivity index (χ0n) is 10.5. The summed E-state index contributed by atoms with van der Waals surface area (Å²) < 4.78 is 38.5. The van der Waals surface area contributed by atoms with Gasteiger partial charge >= 0.3 is 11.9 Å². The highest BCUT2D eigenvalue weighted by atomic mass is 19.4. The molecule has 1 heterocycles. The van der Waals surface area contributed by atoms with Crippen LogP contribution in [0, 0.1) is 10.1 Å². The van der Waals surface area contributed by atoms with Crippen molar-refractivity contribution in [1.29, 1.82) is 0 Å². The lowest BCUT2D eigenvalue weighted by Crippen LogP contribution is -2.12. The predicted molar refractivity (Wildman–Crippen MR) is 67.5 cm³/mol. The number of nitrogens with one attached hydrogen (secondary N) is 1. The van der Waals surface area contributed by atoms with Crippen molar-refractivity contribution in [3.63, 3.8) is 0 Å². The van der Waals surface area contributed by atoms with Crippen LogP contribution in [-0.4, -0.2) is 14.9 Å². The van der Waals surface area contributed by atoms with Gasteiger partial charge in [0.2, 0.25) is 5.82 Å².